The molecule has 0 aromatic heterocycles. The summed E-state index contributed by atoms with van der Waals surface area (Å²) in [7, 11) is 0. The first-order valence-electron chi connectivity index (χ1n) is 9.10. The maximum atomic E-state index is 12.9. The molecule has 1 amide bonds. The molecule has 0 aliphatic rings. The number of benzene rings is 2. The first kappa shape index (κ1) is 22.9. The number of ketones is 1. The van der Waals surface area contributed by atoms with Crippen molar-refractivity contribution in [3.05, 3.63) is 70.8 Å². The molecule has 2 aromatic carbocycles. The van der Waals surface area contributed by atoms with Gasteiger partial charge in [-0.2, -0.15) is 0 Å². The molecule has 0 aliphatic carbocycles. The van der Waals surface area contributed by atoms with E-state index < -0.39 is 0 Å². The molecule has 0 radical (unpaired) electrons. The van der Waals surface area contributed by atoms with Crippen LogP contribution in [-0.2, 0) is 4.79 Å². The molecule has 4 nitrogen and oxygen atoms in total. The van der Waals surface area contributed by atoms with Crippen molar-refractivity contribution in [3.63, 3.8) is 0 Å². The van der Waals surface area contributed by atoms with Gasteiger partial charge in [0, 0.05) is 12.0 Å². The highest BCUT2D eigenvalue weighted by Gasteiger charge is 2.18. The van der Waals surface area contributed by atoms with Gasteiger partial charge in [0.25, 0.3) is 0 Å². The van der Waals surface area contributed by atoms with Crippen molar-refractivity contribution in [2.45, 2.75) is 45.6 Å². The minimum absolute atomic E-state index is 0. The number of Topliss-reactive ketones (excluding diaryl/α,β-unsaturated/α-hetero) is 1. The van der Waals surface area contributed by atoms with Gasteiger partial charge >= 0.3 is 0 Å². The van der Waals surface area contributed by atoms with Crippen LogP contribution >= 0.6 is 12.4 Å². The van der Waals surface area contributed by atoms with Gasteiger partial charge in [0.15, 0.2) is 5.78 Å². The van der Waals surface area contributed by atoms with Crippen LogP contribution in [0.15, 0.2) is 48.5 Å². The fourth-order valence-corrected chi connectivity index (χ4v) is 3.09. The Morgan fingerprint density at radius 3 is 2.33 bits per heavy atom. The Morgan fingerprint density at radius 1 is 1.07 bits per heavy atom. The summed E-state index contributed by atoms with van der Waals surface area (Å²) in [5.41, 5.74) is 9.36. The van der Waals surface area contributed by atoms with Gasteiger partial charge in [0.2, 0.25) is 5.91 Å². The Kier molecular flexibility index (Phi) is 9.19. The predicted octanol–water partition coefficient (Wildman–Crippen LogP) is 4.32. The van der Waals surface area contributed by atoms with Crippen LogP contribution in [0, 0.1) is 6.92 Å². The van der Waals surface area contributed by atoms with Crippen LogP contribution in [0.2, 0.25) is 0 Å². The van der Waals surface area contributed by atoms with E-state index in [1.807, 2.05) is 55.5 Å². The van der Waals surface area contributed by atoms with E-state index in [-0.39, 0.29) is 42.6 Å². The van der Waals surface area contributed by atoms with E-state index in [0.717, 1.165) is 22.3 Å². The van der Waals surface area contributed by atoms with Gasteiger partial charge in [-0.25, -0.2) is 0 Å². The summed E-state index contributed by atoms with van der Waals surface area (Å²) in [6, 6.07) is 15.5. The topological polar surface area (TPSA) is 72.2 Å². The quantitative estimate of drug-likeness (QED) is 0.661. The maximum absolute atomic E-state index is 12.9. The number of nitrogens with two attached hydrogens (primary N) is 1. The standard InChI is InChI=1S/C22H28N2O2.ClH/c1-15(2)18-10-9-16(3)13-19(18)21(25)12-11-20(24-22(26)14-23)17-7-5-4-6-8-17;/h4-10,13,15,20H,11-12,14,23H2,1-3H3,(H,24,26);1H/t20-;/m1./s1. The molecule has 0 saturated carbocycles. The zero-order valence-electron chi connectivity index (χ0n) is 16.2. The molecule has 0 heterocycles. The Hall–Kier alpha value is -2.17. The van der Waals surface area contributed by atoms with E-state index in [9.17, 15) is 9.59 Å². The van der Waals surface area contributed by atoms with E-state index in [1.165, 1.54) is 0 Å². The zero-order chi connectivity index (χ0) is 19.1. The zero-order valence-corrected chi connectivity index (χ0v) is 17.0. The van der Waals surface area contributed by atoms with Crippen molar-refractivity contribution in [3.8, 4) is 0 Å². The van der Waals surface area contributed by atoms with Crippen molar-refractivity contribution in [2.24, 2.45) is 5.73 Å². The molecule has 3 N–H and O–H groups in total. The third kappa shape index (κ3) is 6.49. The van der Waals surface area contributed by atoms with Crippen molar-refractivity contribution in [1.82, 2.24) is 5.32 Å². The average Bonchev–Trinajstić information content (AvgIpc) is 2.64. The van der Waals surface area contributed by atoms with E-state index >= 15 is 0 Å². The number of nitrogens with one attached hydrogen (secondary N) is 1. The molecule has 0 saturated heterocycles. The molecule has 5 heteroatoms. The largest absolute Gasteiger partial charge is 0.348 e. The number of halogens is 1. The monoisotopic (exact) mass is 388 g/mol. The molecular weight excluding hydrogens is 360 g/mol. The molecule has 27 heavy (non-hydrogen) atoms. The summed E-state index contributed by atoms with van der Waals surface area (Å²) >= 11 is 0. The number of carbonyl (C=O) groups excluding carboxylic acids is 2. The second kappa shape index (κ2) is 10.9. The lowest BCUT2D eigenvalue weighted by molar-refractivity contribution is -0.120. The van der Waals surface area contributed by atoms with E-state index in [1.54, 1.807) is 0 Å². The smallest absolute Gasteiger partial charge is 0.234 e. The van der Waals surface area contributed by atoms with E-state index in [2.05, 4.69) is 19.2 Å². The Bertz CT molecular complexity index is 760. The molecule has 0 aliphatic heterocycles. The third-order valence-electron chi connectivity index (χ3n) is 4.51. The van der Waals surface area contributed by atoms with Crippen LogP contribution in [0.5, 0.6) is 0 Å². The fourth-order valence-electron chi connectivity index (χ4n) is 3.09. The summed E-state index contributed by atoms with van der Waals surface area (Å²) in [5, 5.41) is 2.92. The van der Waals surface area contributed by atoms with E-state index in [0.29, 0.717) is 12.8 Å². The summed E-state index contributed by atoms with van der Waals surface area (Å²) in [6.45, 7) is 6.12. The van der Waals surface area contributed by atoms with Crippen LogP contribution in [0.1, 0.15) is 65.7 Å². The second-order valence-corrected chi connectivity index (χ2v) is 6.94. The number of hydrogen-bond donors (Lipinski definition) is 2. The fraction of sp³-hybridized carbons (Fsp3) is 0.364. The van der Waals surface area contributed by atoms with Crippen LogP contribution in [0.4, 0.5) is 0 Å². The predicted molar refractivity (Wildman–Crippen MR) is 112 cm³/mol. The highest BCUT2D eigenvalue weighted by atomic mass is 35.5. The molecule has 0 spiro atoms. The summed E-state index contributed by atoms with van der Waals surface area (Å²) in [6.07, 6.45) is 0.910. The van der Waals surface area contributed by atoms with E-state index in [4.69, 9.17) is 5.73 Å². The van der Waals surface area contributed by atoms with Crippen LogP contribution in [0.3, 0.4) is 0 Å². The summed E-state index contributed by atoms with van der Waals surface area (Å²) in [5.74, 6) is 0.182. The van der Waals surface area contributed by atoms with Crippen molar-refractivity contribution in [2.75, 3.05) is 6.54 Å². The highest BCUT2D eigenvalue weighted by molar-refractivity contribution is 5.98. The average molecular weight is 389 g/mol. The van der Waals surface area contributed by atoms with Crippen LogP contribution in [-0.4, -0.2) is 18.2 Å². The van der Waals surface area contributed by atoms with Gasteiger partial charge < -0.3 is 11.1 Å². The minimum Gasteiger partial charge on any atom is -0.348 e. The lowest BCUT2D eigenvalue weighted by Gasteiger charge is -2.19. The Labute approximate surface area is 168 Å². The van der Waals surface area contributed by atoms with Crippen molar-refractivity contribution >= 4 is 24.1 Å². The van der Waals surface area contributed by atoms with Gasteiger partial charge in [-0.1, -0.05) is 61.9 Å². The molecule has 146 valence electrons. The summed E-state index contributed by atoms with van der Waals surface area (Å²) < 4.78 is 0. The molecular formula is C22H29ClN2O2. The molecule has 0 unspecified atom stereocenters. The Morgan fingerprint density at radius 2 is 1.74 bits per heavy atom. The Balaban J connectivity index is 0.00000364. The number of rotatable bonds is 8. The molecule has 2 rings (SSSR count). The van der Waals surface area contributed by atoms with Gasteiger partial charge in [-0.05, 0) is 36.5 Å². The highest BCUT2D eigenvalue weighted by Crippen LogP contribution is 2.25. The van der Waals surface area contributed by atoms with Gasteiger partial charge in [-0.3, -0.25) is 9.59 Å². The van der Waals surface area contributed by atoms with Crippen LogP contribution in [0.25, 0.3) is 0 Å². The number of carbonyl (C=O) groups is 2. The normalized spacial score (nSPS) is 11.6. The molecule has 0 fully saturated rings. The van der Waals surface area contributed by atoms with Crippen molar-refractivity contribution in [1.29, 1.82) is 0 Å². The molecule has 2 aromatic rings. The first-order chi connectivity index (χ1) is 12.4. The van der Waals surface area contributed by atoms with Gasteiger partial charge in [0.05, 0.1) is 12.6 Å². The number of aryl methyl sites for hydroxylation is 1. The van der Waals surface area contributed by atoms with Gasteiger partial charge in [0.1, 0.15) is 0 Å². The molecule has 0 bridgehead atoms. The third-order valence-corrected chi connectivity index (χ3v) is 4.51. The maximum Gasteiger partial charge on any atom is 0.234 e. The summed E-state index contributed by atoms with van der Waals surface area (Å²) in [4.78, 5) is 24.7. The SMILES string of the molecule is Cc1ccc(C(C)C)c(C(=O)CC[C@@H](NC(=O)CN)c2ccccc2)c1.Cl. The van der Waals surface area contributed by atoms with Crippen LogP contribution < -0.4 is 11.1 Å². The second-order valence-electron chi connectivity index (χ2n) is 6.94. The molecule has 1 atom stereocenters. The lowest BCUT2D eigenvalue weighted by Crippen LogP contribution is -2.34. The first-order valence-corrected chi connectivity index (χ1v) is 9.10. The number of amides is 1. The number of hydrogen-bond acceptors (Lipinski definition) is 3. The lowest BCUT2D eigenvalue weighted by atomic mass is 9.90. The van der Waals surface area contributed by atoms with Crippen molar-refractivity contribution < 1.29 is 9.59 Å². The minimum atomic E-state index is -0.219. The van der Waals surface area contributed by atoms with Gasteiger partial charge in [-0.15, -0.1) is 12.4 Å².